The topological polar surface area (TPSA) is 119 Å². The van der Waals surface area contributed by atoms with Gasteiger partial charge in [0.2, 0.25) is 15.9 Å². The van der Waals surface area contributed by atoms with Crippen LogP contribution in [0.15, 0.2) is 53.4 Å². The summed E-state index contributed by atoms with van der Waals surface area (Å²) in [5.41, 5.74) is 0.613. The minimum atomic E-state index is -3.65. The number of anilines is 1. The van der Waals surface area contributed by atoms with E-state index in [9.17, 15) is 23.3 Å². The number of nitro groups is 1. The zero-order valence-electron chi connectivity index (χ0n) is 16.3. The van der Waals surface area contributed by atoms with Crippen molar-refractivity contribution in [2.45, 2.75) is 17.7 Å². The lowest BCUT2D eigenvalue weighted by Crippen LogP contribution is -2.28. The lowest BCUT2D eigenvalue weighted by Gasteiger charge is -2.17. The number of nitro benzene ring substituents is 1. The van der Waals surface area contributed by atoms with E-state index in [1.807, 2.05) is 0 Å². The van der Waals surface area contributed by atoms with Gasteiger partial charge in [-0.2, -0.15) is 4.31 Å². The second-order valence-corrected chi connectivity index (χ2v) is 8.59. The van der Waals surface area contributed by atoms with Gasteiger partial charge in [0.1, 0.15) is 5.75 Å². The van der Waals surface area contributed by atoms with Crippen LogP contribution in [0.25, 0.3) is 6.08 Å². The molecule has 1 amide bonds. The number of hydrogen-bond donors (Lipinski definition) is 1. The van der Waals surface area contributed by atoms with Crippen molar-refractivity contribution in [1.82, 2.24) is 4.31 Å². The number of non-ortho nitro benzene ring substituents is 1. The van der Waals surface area contributed by atoms with Crippen molar-refractivity contribution in [3.05, 3.63) is 64.2 Å². The number of benzene rings is 2. The van der Waals surface area contributed by atoms with Crippen LogP contribution in [0.4, 0.5) is 11.4 Å². The van der Waals surface area contributed by atoms with Crippen molar-refractivity contribution in [2.24, 2.45) is 0 Å². The van der Waals surface area contributed by atoms with Crippen LogP contribution in [0.1, 0.15) is 18.4 Å². The first-order valence-corrected chi connectivity index (χ1v) is 10.7. The molecule has 0 saturated carbocycles. The smallest absolute Gasteiger partial charge is 0.270 e. The summed E-state index contributed by atoms with van der Waals surface area (Å²) in [5.74, 6) is -0.219. The minimum Gasteiger partial charge on any atom is -0.495 e. The highest BCUT2D eigenvalue weighted by molar-refractivity contribution is 7.89. The third-order valence-corrected chi connectivity index (χ3v) is 6.53. The molecule has 0 radical (unpaired) electrons. The number of ether oxygens (including phenoxy) is 1. The molecule has 158 valence electrons. The number of amides is 1. The van der Waals surface area contributed by atoms with Crippen molar-refractivity contribution >= 4 is 33.4 Å². The molecule has 0 bridgehead atoms. The average Bonchev–Trinajstić information content (AvgIpc) is 3.28. The first-order chi connectivity index (χ1) is 14.3. The number of nitrogens with one attached hydrogen (secondary N) is 1. The van der Waals surface area contributed by atoms with Gasteiger partial charge in [-0.05, 0) is 42.7 Å². The number of sulfonamides is 1. The highest BCUT2D eigenvalue weighted by Crippen LogP contribution is 2.30. The van der Waals surface area contributed by atoms with Crippen LogP contribution >= 0.6 is 0 Å². The van der Waals surface area contributed by atoms with Gasteiger partial charge in [-0.1, -0.05) is 12.1 Å². The Balaban J connectivity index is 1.80. The number of carbonyl (C=O) groups excluding carboxylic acids is 1. The van der Waals surface area contributed by atoms with E-state index in [1.165, 1.54) is 60.0 Å². The maximum atomic E-state index is 12.8. The number of carbonyl (C=O) groups is 1. The summed E-state index contributed by atoms with van der Waals surface area (Å²) in [6, 6.07) is 10.1. The van der Waals surface area contributed by atoms with E-state index in [-0.39, 0.29) is 16.3 Å². The fourth-order valence-corrected chi connectivity index (χ4v) is 4.65. The second-order valence-electron chi connectivity index (χ2n) is 6.65. The Hall–Kier alpha value is -3.24. The fraction of sp³-hybridized carbons (Fsp3) is 0.250. The summed E-state index contributed by atoms with van der Waals surface area (Å²) in [6.07, 6.45) is 4.28. The molecule has 0 unspecified atom stereocenters. The van der Waals surface area contributed by atoms with Gasteiger partial charge in [-0.3, -0.25) is 14.9 Å². The van der Waals surface area contributed by atoms with Crippen molar-refractivity contribution in [3.8, 4) is 5.75 Å². The molecule has 1 heterocycles. The van der Waals surface area contributed by atoms with Crippen LogP contribution in [0.2, 0.25) is 0 Å². The van der Waals surface area contributed by atoms with E-state index in [4.69, 9.17) is 4.74 Å². The lowest BCUT2D eigenvalue weighted by atomic mass is 10.2. The molecule has 0 aromatic heterocycles. The molecule has 1 aliphatic heterocycles. The van der Waals surface area contributed by atoms with Gasteiger partial charge in [0.05, 0.1) is 22.6 Å². The predicted molar refractivity (Wildman–Crippen MR) is 112 cm³/mol. The number of hydrogen-bond acceptors (Lipinski definition) is 6. The first kappa shape index (κ1) is 21.5. The SMILES string of the molecule is COc1ccc(S(=O)(=O)N2CCCC2)cc1NC(=O)/C=C/c1cccc([N+](=O)[O-])c1. The monoisotopic (exact) mass is 431 g/mol. The fourth-order valence-electron chi connectivity index (χ4n) is 3.11. The van der Waals surface area contributed by atoms with E-state index >= 15 is 0 Å². The Labute approximate surface area is 174 Å². The van der Waals surface area contributed by atoms with Crippen LogP contribution in [0.3, 0.4) is 0 Å². The number of nitrogens with zero attached hydrogens (tertiary/aromatic N) is 2. The van der Waals surface area contributed by atoms with Crippen LogP contribution in [-0.4, -0.2) is 43.8 Å². The Morgan fingerprint density at radius 1 is 1.20 bits per heavy atom. The van der Waals surface area contributed by atoms with Gasteiger partial charge in [-0.25, -0.2) is 8.42 Å². The van der Waals surface area contributed by atoms with E-state index in [0.29, 0.717) is 24.4 Å². The molecule has 2 aromatic carbocycles. The van der Waals surface area contributed by atoms with Crippen molar-refractivity contribution in [1.29, 1.82) is 0 Å². The quantitative estimate of drug-likeness (QED) is 0.409. The van der Waals surface area contributed by atoms with Gasteiger partial charge in [0, 0.05) is 31.3 Å². The lowest BCUT2D eigenvalue weighted by molar-refractivity contribution is -0.384. The molecular formula is C20H21N3O6S. The Bertz CT molecular complexity index is 1090. The molecule has 1 saturated heterocycles. The van der Waals surface area contributed by atoms with Crippen LogP contribution in [0.5, 0.6) is 5.75 Å². The average molecular weight is 431 g/mol. The molecule has 10 heteroatoms. The summed E-state index contributed by atoms with van der Waals surface area (Å²) in [4.78, 5) is 22.7. The molecule has 9 nitrogen and oxygen atoms in total. The summed E-state index contributed by atoms with van der Waals surface area (Å²) in [5, 5.41) is 13.5. The van der Waals surface area contributed by atoms with Gasteiger partial charge in [-0.15, -0.1) is 0 Å². The van der Waals surface area contributed by atoms with Gasteiger partial charge in [0.25, 0.3) is 5.69 Å². The van der Waals surface area contributed by atoms with Crippen molar-refractivity contribution in [3.63, 3.8) is 0 Å². The minimum absolute atomic E-state index is 0.0724. The van der Waals surface area contributed by atoms with E-state index in [2.05, 4.69) is 5.32 Å². The molecule has 30 heavy (non-hydrogen) atoms. The van der Waals surface area contributed by atoms with E-state index in [1.54, 1.807) is 6.07 Å². The van der Waals surface area contributed by atoms with Gasteiger partial charge < -0.3 is 10.1 Å². The standard InChI is InChI=1S/C20H21N3O6S/c1-29-19-9-8-17(30(27,28)22-11-2-3-12-22)14-18(19)21-20(24)10-7-15-5-4-6-16(13-15)23(25)26/h4-10,13-14H,2-3,11-12H2,1H3,(H,21,24)/b10-7+. The van der Waals surface area contributed by atoms with Gasteiger partial charge in [0.15, 0.2) is 0 Å². The van der Waals surface area contributed by atoms with Crippen molar-refractivity contribution in [2.75, 3.05) is 25.5 Å². The molecule has 3 rings (SSSR count). The maximum absolute atomic E-state index is 12.8. The molecule has 1 fully saturated rings. The molecule has 0 aliphatic carbocycles. The molecule has 0 spiro atoms. The summed E-state index contributed by atoms with van der Waals surface area (Å²) < 4.78 is 32.2. The third kappa shape index (κ3) is 4.84. The normalized spacial score (nSPS) is 14.7. The third-order valence-electron chi connectivity index (χ3n) is 4.64. The Morgan fingerprint density at radius 3 is 2.60 bits per heavy atom. The van der Waals surface area contributed by atoms with Gasteiger partial charge >= 0.3 is 0 Å². The van der Waals surface area contributed by atoms with Crippen LogP contribution < -0.4 is 10.1 Å². The Morgan fingerprint density at radius 2 is 1.93 bits per heavy atom. The summed E-state index contributed by atoms with van der Waals surface area (Å²) in [6.45, 7) is 0.948. The number of methoxy groups -OCH3 is 1. The van der Waals surface area contributed by atoms with Crippen LogP contribution in [-0.2, 0) is 14.8 Å². The molecule has 0 atom stereocenters. The molecule has 1 N–H and O–H groups in total. The first-order valence-electron chi connectivity index (χ1n) is 9.23. The molecule has 1 aliphatic rings. The summed E-state index contributed by atoms with van der Waals surface area (Å²) >= 11 is 0. The van der Waals surface area contributed by atoms with Crippen LogP contribution in [0, 0.1) is 10.1 Å². The zero-order valence-corrected chi connectivity index (χ0v) is 17.1. The number of rotatable bonds is 7. The summed E-state index contributed by atoms with van der Waals surface area (Å²) in [7, 11) is -2.23. The predicted octanol–water partition coefficient (Wildman–Crippen LogP) is 3.04. The maximum Gasteiger partial charge on any atom is 0.270 e. The largest absolute Gasteiger partial charge is 0.495 e. The van der Waals surface area contributed by atoms with Crippen molar-refractivity contribution < 1.29 is 22.9 Å². The zero-order chi connectivity index (χ0) is 21.7. The van der Waals surface area contributed by atoms with E-state index in [0.717, 1.165) is 12.8 Å². The Kier molecular flexibility index (Phi) is 6.48. The molecule has 2 aromatic rings. The highest BCUT2D eigenvalue weighted by atomic mass is 32.2. The second kappa shape index (κ2) is 9.06. The molecular weight excluding hydrogens is 410 g/mol. The highest BCUT2D eigenvalue weighted by Gasteiger charge is 2.28. The van der Waals surface area contributed by atoms with E-state index < -0.39 is 20.9 Å².